The molecule has 4 nitrogen and oxygen atoms in total. The van der Waals surface area contributed by atoms with Crippen molar-refractivity contribution in [2.75, 3.05) is 13.1 Å². The van der Waals surface area contributed by atoms with Crippen molar-refractivity contribution < 1.29 is 9.59 Å². The van der Waals surface area contributed by atoms with Gasteiger partial charge >= 0.3 is 0 Å². The molecule has 0 spiro atoms. The predicted octanol–water partition coefficient (Wildman–Crippen LogP) is 4.69. The lowest BCUT2D eigenvalue weighted by Crippen LogP contribution is -2.50. The average molecular weight is 409 g/mol. The summed E-state index contributed by atoms with van der Waals surface area (Å²) in [5, 5.41) is 3.02. The molecule has 0 radical (unpaired) electrons. The van der Waals surface area contributed by atoms with Crippen LogP contribution in [0.15, 0.2) is 54.6 Å². The summed E-state index contributed by atoms with van der Waals surface area (Å²) >= 11 is 0. The molecule has 4 heteroatoms. The maximum Gasteiger partial charge on any atom is 0.242 e. The van der Waals surface area contributed by atoms with E-state index in [-0.39, 0.29) is 11.8 Å². The van der Waals surface area contributed by atoms with Crippen molar-refractivity contribution in [1.82, 2.24) is 10.2 Å². The van der Waals surface area contributed by atoms with Gasteiger partial charge in [0.2, 0.25) is 11.8 Å². The molecule has 0 unspecified atom stereocenters. The first-order valence-corrected chi connectivity index (χ1v) is 11.2. The molecule has 0 aliphatic carbocycles. The fourth-order valence-electron chi connectivity index (χ4n) is 3.55. The zero-order valence-electron chi connectivity index (χ0n) is 18.7. The van der Waals surface area contributed by atoms with Gasteiger partial charge in [-0.2, -0.15) is 0 Å². The molecule has 30 heavy (non-hydrogen) atoms. The third kappa shape index (κ3) is 7.66. The largest absolute Gasteiger partial charge is 0.354 e. The predicted molar refractivity (Wildman–Crippen MR) is 123 cm³/mol. The first-order valence-electron chi connectivity index (χ1n) is 11.2. The molecule has 0 aliphatic rings. The Hall–Kier alpha value is -2.62. The fraction of sp³-hybridized carbons (Fsp3) is 0.462. The van der Waals surface area contributed by atoms with E-state index < -0.39 is 6.04 Å². The van der Waals surface area contributed by atoms with Crippen LogP contribution in [0.2, 0.25) is 0 Å². The molecule has 162 valence electrons. The van der Waals surface area contributed by atoms with Crippen LogP contribution in [0.1, 0.15) is 56.2 Å². The lowest BCUT2D eigenvalue weighted by molar-refractivity contribution is -0.140. The zero-order valence-corrected chi connectivity index (χ0v) is 18.7. The molecule has 2 aromatic rings. The van der Waals surface area contributed by atoms with E-state index >= 15 is 0 Å². The van der Waals surface area contributed by atoms with Gasteiger partial charge in [-0.3, -0.25) is 9.59 Å². The Morgan fingerprint density at radius 1 is 0.933 bits per heavy atom. The Bertz CT molecular complexity index is 771. The zero-order chi connectivity index (χ0) is 21.8. The quantitative estimate of drug-likeness (QED) is 0.518. The highest BCUT2D eigenvalue weighted by atomic mass is 16.2. The summed E-state index contributed by atoms with van der Waals surface area (Å²) in [4.78, 5) is 27.8. The van der Waals surface area contributed by atoms with Crippen LogP contribution in [-0.2, 0) is 22.4 Å². The van der Waals surface area contributed by atoms with Crippen LogP contribution < -0.4 is 5.32 Å². The number of aryl methyl sites for hydroxylation is 2. The van der Waals surface area contributed by atoms with Crippen molar-refractivity contribution in [3.63, 3.8) is 0 Å². The second kappa shape index (κ2) is 12.8. The molecule has 2 amide bonds. The number of hydrogen-bond donors (Lipinski definition) is 1. The lowest BCUT2D eigenvalue weighted by atomic mass is 10.0. The number of amides is 2. The van der Waals surface area contributed by atoms with Crippen LogP contribution >= 0.6 is 0 Å². The van der Waals surface area contributed by atoms with Gasteiger partial charge in [-0.05, 0) is 43.7 Å². The van der Waals surface area contributed by atoms with Gasteiger partial charge in [0.15, 0.2) is 0 Å². The summed E-state index contributed by atoms with van der Waals surface area (Å²) < 4.78 is 0. The average Bonchev–Trinajstić information content (AvgIpc) is 2.76. The Balaban J connectivity index is 2.08. The molecule has 2 aromatic carbocycles. The topological polar surface area (TPSA) is 49.4 Å². The second-order valence-corrected chi connectivity index (χ2v) is 7.88. The van der Waals surface area contributed by atoms with Crippen molar-refractivity contribution in [3.05, 3.63) is 71.3 Å². The highest BCUT2D eigenvalue weighted by Crippen LogP contribution is 2.13. The Morgan fingerprint density at radius 3 is 2.23 bits per heavy atom. The van der Waals surface area contributed by atoms with Crippen molar-refractivity contribution in [3.8, 4) is 0 Å². The Morgan fingerprint density at radius 2 is 1.60 bits per heavy atom. The lowest BCUT2D eigenvalue weighted by Gasteiger charge is -2.30. The van der Waals surface area contributed by atoms with E-state index in [9.17, 15) is 9.59 Å². The van der Waals surface area contributed by atoms with Crippen molar-refractivity contribution >= 4 is 11.8 Å². The summed E-state index contributed by atoms with van der Waals surface area (Å²) in [6.07, 6.45) is 4.45. The van der Waals surface area contributed by atoms with E-state index in [1.165, 1.54) is 11.1 Å². The van der Waals surface area contributed by atoms with E-state index in [2.05, 4.69) is 55.6 Å². The molecule has 0 aromatic heterocycles. The fourth-order valence-corrected chi connectivity index (χ4v) is 3.55. The van der Waals surface area contributed by atoms with Crippen LogP contribution in [0.4, 0.5) is 0 Å². The van der Waals surface area contributed by atoms with Crippen LogP contribution in [0.5, 0.6) is 0 Å². The van der Waals surface area contributed by atoms with Crippen LogP contribution in [-0.4, -0.2) is 35.8 Å². The second-order valence-electron chi connectivity index (χ2n) is 7.88. The number of nitrogens with one attached hydrogen (secondary N) is 1. The smallest absolute Gasteiger partial charge is 0.242 e. The van der Waals surface area contributed by atoms with Gasteiger partial charge in [0.1, 0.15) is 6.04 Å². The van der Waals surface area contributed by atoms with Gasteiger partial charge in [-0.15, -0.1) is 0 Å². The minimum Gasteiger partial charge on any atom is -0.354 e. The van der Waals surface area contributed by atoms with E-state index in [4.69, 9.17) is 0 Å². The van der Waals surface area contributed by atoms with Crippen LogP contribution in [0, 0.1) is 6.92 Å². The van der Waals surface area contributed by atoms with Crippen molar-refractivity contribution in [1.29, 1.82) is 0 Å². The minimum atomic E-state index is -0.420. The number of benzene rings is 2. The molecule has 0 fully saturated rings. The van der Waals surface area contributed by atoms with Gasteiger partial charge in [0.05, 0.1) is 0 Å². The van der Waals surface area contributed by atoms with Crippen LogP contribution in [0.3, 0.4) is 0 Å². The summed E-state index contributed by atoms with van der Waals surface area (Å²) in [5.74, 6) is 0.00620. The Kier molecular flexibility index (Phi) is 10.1. The first-order chi connectivity index (χ1) is 14.5. The summed E-state index contributed by atoms with van der Waals surface area (Å²) in [5.41, 5.74) is 3.54. The number of nitrogens with zero attached hydrogens (tertiary/aromatic N) is 1. The van der Waals surface area contributed by atoms with Gasteiger partial charge in [0.25, 0.3) is 0 Å². The maximum atomic E-state index is 13.2. The molecule has 0 heterocycles. The van der Waals surface area contributed by atoms with E-state index in [1.807, 2.05) is 25.1 Å². The number of carbonyl (C=O) groups is 2. The van der Waals surface area contributed by atoms with Crippen molar-refractivity contribution in [2.45, 2.75) is 65.3 Å². The van der Waals surface area contributed by atoms with Gasteiger partial charge in [0, 0.05) is 19.5 Å². The third-order valence-corrected chi connectivity index (χ3v) is 5.45. The molecular weight excluding hydrogens is 372 g/mol. The van der Waals surface area contributed by atoms with Gasteiger partial charge in [-0.25, -0.2) is 0 Å². The molecule has 0 bridgehead atoms. The molecule has 0 saturated carbocycles. The molecule has 1 N–H and O–H groups in total. The number of unbranched alkanes of at least 4 members (excludes halogenated alkanes) is 1. The molecule has 0 saturated heterocycles. The number of hydrogen-bond acceptors (Lipinski definition) is 2. The first kappa shape index (κ1) is 23.7. The number of rotatable bonds is 12. The molecule has 0 aliphatic heterocycles. The SMILES string of the molecule is CCCCNC(=O)[C@H](CC)N(CCc1ccccc1)C(=O)CCc1ccc(C)cc1. The monoisotopic (exact) mass is 408 g/mol. The molecule has 2 rings (SSSR count). The third-order valence-electron chi connectivity index (χ3n) is 5.45. The van der Waals surface area contributed by atoms with Gasteiger partial charge < -0.3 is 10.2 Å². The highest BCUT2D eigenvalue weighted by Gasteiger charge is 2.27. The van der Waals surface area contributed by atoms with Crippen molar-refractivity contribution in [2.24, 2.45) is 0 Å². The van der Waals surface area contributed by atoms with Gasteiger partial charge in [-0.1, -0.05) is 80.4 Å². The minimum absolute atomic E-state index is 0.0392. The normalized spacial score (nSPS) is 11.7. The summed E-state index contributed by atoms with van der Waals surface area (Å²) in [6, 6.07) is 18.0. The Labute approximate surface area is 181 Å². The number of carbonyl (C=O) groups excluding carboxylic acids is 2. The maximum absolute atomic E-state index is 13.2. The molecule has 1 atom stereocenters. The van der Waals surface area contributed by atoms with Crippen LogP contribution in [0.25, 0.3) is 0 Å². The summed E-state index contributed by atoms with van der Waals surface area (Å²) in [7, 11) is 0. The van der Waals surface area contributed by atoms with E-state index in [0.29, 0.717) is 32.4 Å². The van der Waals surface area contributed by atoms with E-state index in [0.717, 1.165) is 24.8 Å². The summed E-state index contributed by atoms with van der Waals surface area (Å²) in [6.45, 7) is 7.35. The molecular formula is C26H36N2O2. The standard InChI is InChI=1S/C26H36N2O2/c1-4-6-19-27-26(30)24(5-2)28(20-18-22-10-8-7-9-11-22)25(29)17-16-23-14-12-21(3)13-15-23/h7-15,24H,4-6,16-20H2,1-3H3,(H,27,30)/t24-/m0/s1. The van der Waals surface area contributed by atoms with E-state index in [1.54, 1.807) is 4.90 Å². The highest BCUT2D eigenvalue weighted by molar-refractivity contribution is 5.87.